The number of aromatic nitrogens is 1. The maximum Gasteiger partial charge on any atom is 0.410 e. The lowest BCUT2D eigenvalue weighted by Gasteiger charge is -2.24. The van der Waals surface area contributed by atoms with Gasteiger partial charge in [-0.2, -0.15) is 0 Å². The maximum atomic E-state index is 12.5. The molecule has 2 aromatic rings. The molecule has 0 unspecified atom stereocenters. The Hall–Kier alpha value is -2.89. The van der Waals surface area contributed by atoms with Crippen LogP contribution in [0.25, 0.3) is 0 Å². The highest BCUT2D eigenvalue weighted by Crippen LogP contribution is 2.11. The summed E-state index contributed by atoms with van der Waals surface area (Å²) in [6, 6.07) is 14.8. The first-order valence-corrected chi connectivity index (χ1v) is 8.41. The molecule has 1 aromatic carbocycles. The summed E-state index contributed by atoms with van der Waals surface area (Å²) in [5.74, 6) is -0.495. The molecule has 0 aliphatic rings. The standard InChI is InChI=1S/C20H24N2O4/c1-20(2,3)26-18(23)14-22(13-17-11-7-8-12-21-17)19(24)25-15-16-9-5-4-6-10-16/h4-12H,13-15H2,1-3H3. The Balaban J connectivity index is 2.03. The SMILES string of the molecule is CC(C)(C)OC(=O)CN(Cc1ccccn1)C(=O)OCc1ccccc1. The molecule has 138 valence electrons. The summed E-state index contributed by atoms with van der Waals surface area (Å²) >= 11 is 0. The first-order chi connectivity index (χ1) is 12.3. The maximum absolute atomic E-state index is 12.5. The molecule has 0 N–H and O–H groups in total. The zero-order chi connectivity index (χ0) is 19.0. The molecule has 0 fully saturated rings. The van der Waals surface area contributed by atoms with Gasteiger partial charge < -0.3 is 9.47 Å². The van der Waals surface area contributed by atoms with Crippen LogP contribution < -0.4 is 0 Å². The minimum atomic E-state index is -0.623. The second kappa shape index (κ2) is 8.99. The van der Waals surface area contributed by atoms with Crippen LogP contribution in [0.5, 0.6) is 0 Å². The smallest absolute Gasteiger partial charge is 0.410 e. The molecule has 1 heterocycles. The summed E-state index contributed by atoms with van der Waals surface area (Å²) in [4.78, 5) is 30.1. The van der Waals surface area contributed by atoms with Gasteiger partial charge in [0.2, 0.25) is 0 Å². The van der Waals surface area contributed by atoms with Gasteiger partial charge >= 0.3 is 12.1 Å². The van der Waals surface area contributed by atoms with E-state index in [0.717, 1.165) is 5.56 Å². The molecular formula is C20H24N2O4. The monoisotopic (exact) mass is 356 g/mol. The van der Waals surface area contributed by atoms with Crippen molar-refractivity contribution in [3.05, 3.63) is 66.0 Å². The summed E-state index contributed by atoms with van der Waals surface area (Å²) in [7, 11) is 0. The molecule has 6 nitrogen and oxygen atoms in total. The minimum Gasteiger partial charge on any atom is -0.459 e. The average Bonchev–Trinajstić information content (AvgIpc) is 2.59. The van der Waals surface area contributed by atoms with E-state index in [4.69, 9.17) is 9.47 Å². The van der Waals surface area contributed by atoms with Gasteiger partial charge in [0, 0.05) is 6.20 Å². The number of hydrogen-bond acceptors (Lipinski definition) is 5. The molecule has 0 atom stereocenters. The van der Waals surface area contributed by atoms with E-state index in [0.29, 0.717) is 5.69 Å². The van der Waals surface area contributed by atoms with E-state index in [1.807, 2.05) is 36.4 Å². The van der Waals surface area contributed by atoms with Crippen molar-refractivity contribution >= 4 is 12.1 Å². The number of nitrogens with zero attached hydrogens (tertiary/aromatic N) is 2. The molecule has 26 heavy (non-hydrogen) atoms. The van der Waals surface area contributed by atoms with E-state index in [2.05, 4.69) is 4.98 Å². The van der Waals surface area contributed by atoms with Gasteiger partial charge in [0.15, 0.2) is 0 Å². The number of benzene rings is 1. The predicted molar refractivity (Wildman–Crippen MR) is 97.1 cm³/mol. The minimum absolute atomic E-state index is 0.132. The molecule has 1 aromatic heterocycles. The Morgan fingerprint density at radius 2 is 1.73 bits per heavy atom. The first-order valence-electron chi connectivity index (χ1n) is 8.41. The Morgan fingerprint density at radius 1 is 1.04 bits per heavy atom. The van der Waals surface area contributed by atoms with Crippen LogP contribution >= 0.6 is 0 Å². The molecular weight excluding hydrogens is 332 g/mol. The van der Waals surface area contributed by atoms with Crippen molar-refractivity contribution in [2.45, 2.75) is 39.5 Å². The average molecular weight is 356 g/mol. The summed E-state index contributed by atoms with van der Waals surface area (Å²) in [6.45, 7) is 5.42. The van der Waals surface area contributed by atoms with E-state index in [1.165, 1.54) is 4.90 Å². The lowest BCUT2D eigenvalue weighted by molar-refractivity contribution is -0.155. The van der Waals surface area contributed by atoms with Crippen LogP contribution in [0.3, 0.4) is 0 Å². The number of rotatable bonds is 6. The van der Waals surface area contributed by atoms with E-state index in [1.54, 1.807) is 39.1 Å². The number of pyridine rings is 1. The van der Waals surface area contributed by atoms with Crippen molar-refractivity contribution in [1.29, 1.82) is 0 Å². The Labute approximate surface area is 153 Å². The zero-order valence-corrected chi connectivity index (χ0v) is 15.3. The second-order valence-corrected chi connectivity index (χ2v) is 6.80. The normalized spacial score (nSPS) is 10.9. The lowest BCUT2D eigenvalue weighted by Crippen LogP contribution is -2.38. The number of esters is 1. The van der Waals surface area contributed by atoms with Crippen LogP contribution in [0, 0.1) is 0 Å². The van der Waals surface area contributed by atoms with Gasteiger partial charge in [-0.05, 0) is 38.5 Å². The predicted octanol–water partition coefficient (Wildman–Crippen LogP) is 3.56. The summed E-state index contributed by atoms with van der Waals surface area (Å²) in [5, 5.41) is 0. The van der Waals surface area contributed by atoms with Gasteiger partial charge in [-0.25, -0.2) is 4.79 Å². The topological polar surface area (TPSA) is 68.7 Å². The van der Waals surface area contributed by atoms with E-state index in [9.17, 15) is 9.59 Å². The third-order valence-electron chi connectivity index (χ3n) is 3.28. The molecule has 0 radical (unpaired) electrons. The molecule has 0 spiro atoms. The van der Waals surface area contributed by atoms with Crippen molar-refractivity contribution in [3.63, 3.8) is 0 Å². The Morgan fingerprint density at radius 3 is 2.35 bits per heavy atom. The molecule has 0 aliphatic heterocycles. The number of carbonyl (C=O) groups is 2. The Kier molecular flexibility index (Phi) is 6.72. The van der Waals surface area contributed by atoms with Crippen molar-refractivity contribution in [1.82, 2.24) is 9.88 Å². The fourth-order valence-corrected chi connectivity index (χ4v) is 2.21. The van der Waals surface area contributed by atoms with E-state index < -0.39 is 17.7 Å². The van der Waals surface area contributed by atoms with Crippen molar-refractivity contribution in [2.24, 2.45) is 0 Å². The van der Waals surface area contributed by atoms with Crippen molar-refractivity contribution in [3.8, 4) is 0 Å². The summed E-state index contributed by atoms with van der Waals surface area (Å²) < 4.78 is 10.7. The van der Waals surface area contributed by atoms with Gasteiger partial charge in [0.1, 0.15) is 18.8 Å². The lowest BCUT2D eigenvalue weighted by atomic mass is 10.2. The first kappa shape index (κ1) is 19.4. The number of amides is 1. The summed E-state index contributed by atoms with van der Waals surface area (Å²) in [5.41, 5.74) is 0.908. The second-order valence-electron chi connectivity index (χ2n) is 6.80. The highest BCUT2D eigenvalue weighted by Gasteiger charge is 2.23. The molecule has 0 saturated carbocycles. The highest BCUT2D eigenvalue weighted by molar-refractivity contribution is 5.78. The largest absolute Gasteiger partial charge is 0.459 e. The third kappa shape index (κ3) is 6.93. The van der Waals surface area contributed by atoms with Crippen LogP contribution in [-0.2, 0) is 27.4 Å². The molecule has 2 rings (SSSR count). The van der Waals surface area contributed by atoms with Crippen LogP contribution in [0.4, 0.5) is 4.79 Å². The fourth-order valence-electron chi connectivity index (χ4n) is 2.21. The molecule has 0 saturated heterocycles. The Bertz CT molecular complexity index is 712. The molecule has 1 amide bonds. The molecule has 6 heteroatoms. The van der Waals surface area contributed by atoms with Gasteiger partial charge in [0.25, 0.3) is 0 Å². The third-order valence-corrected chi connectivity index (χ3v) is 3.28. The van der Waals surface area contributed by atoms with Crippen molar-refractivity contribution in [2.75, 3.05) is 6.54 Å². The highest BCUT2D eigenvalue weighted by atomic mass is 16.6. The van der Waals surface area contributed by atoms with Gasteiger partial charge in [0.05, 0.1) is 12.2 Å². The number of carbonyl (C=O) groups excluding carboxylic acids is 2. The fraction of sp³-hybridized carbons (Fsp3) is 0.350. The van der Waals surface area contributed by atoms with Crippen LogP contribution in [0.2, 0.25) is 0 Å². The van der Waals surface area contributed by atoms with Crippen LogP contribution in [0.15, 0.2) is 54.7 Å². The van der Waals surface area contributed by atoms with Crippen LogP contribution in [-0.4, -0.2) is 34.1 Å². The molecule has 0 bridgehead atoms. The van der Waals surface area contributed by atoms with Crippen LogP contribution in [0.1, 0.15) is 32.0 Å². The van der Waals surface area contributed by atoms with Gasteiger partial charge in [-0.15, -0.1) is 0 Å². The van der Waals surface area contributed by atoms with Gasteiger partial charge in [-0.3, -0.25) is 14.7 Å². The van der Waals surface area contributed by atoms with Crippen molar-refractivity contribution < 1.29 is 19.1 Å². The van der Waals surface area contributed by atoms with E-state index in [-0.39, 0.29) is 19.7 Å². The quantitative estimate of drug-likeness (QED) is 0.740. The number of ether oxygens (including phenoxy) is 2. The molecule has 0 aliphatic carbocycles. The summed E-state index contributed by atoms with van der Waals surface area (Å²) in [6.07, 6.45) is 1.04. The van der Waals surface area contributed by atoms with Gasteiger partial charge in [-0.1, -0.05) is 36.4 Å². The zero-order valence-electron chi connectivity index (χ0n) is 15.3. The number of hydrogen-bond donors (Lipinski definition) is 0. The van der Waals surface area contributed by atoms with E-state index >= 15 is 0 Å².